The maximum atomic E-state index is 14.9. The maximum absolute atomic E-state index is 14.9. The largest absolute Gasteiger partial charge is 0.494 e. The van der Waals surface area contributed by atoms with Crippen LogP contribution in [-0.4, -0.2) is 12.6 Å². The lowest BCUT2D eigenvalue weighted by Gasteiger charge is -2.28. The smallest absolute Gasteiger partial charge is 0.314 e. The number of carbonyl (C=O) groups is 1. The third kappa shape index (κ3) is 5.96. The summed E-state index contributed by atoms with van der Waals surface area (Å²) in [5.74, 6) is -2.67. The van der Waals surface area contributed by atoms with Crippen molar-refractivity contribution in [3.63, 3.8) is 0 Å². The highest BCUT2D eigenvalue weighted by molar-refractivity contribution is 5.75. The van der Waals surface area contributed by atoms with E-state index in [-0.39, 0.29) is 23.4 Å². The summed E-state index contributed by atoms with van der Waals surface area (Å²) in [6.07, 6.45) is 10.0. The van der Waals surface area contributed by atoms with Crippen LogP contribution in [0.15, 0.2) is 42.5 Å². The number of rotatable bonds is 7. The molecule has 2 aromatic carbocycles. The molecule has 0 unspecified atom stereocenters. The van der Waals surface area contributed by atoms with Gasteiger partial charge in [0.1, 0.15) is 11.6 Å². The van der Waals surface area contributed by atoms with E-state index in [1.807, 2.05) is 19.9 Å². The third-order valence-corrected chi connectivity index (χ3v) is 7.75. The Bertz CT molecular complexity index is 1080. The molecule has 3 nitrogen and oxygen atoms in total. The van der Waals surface area contributed by atoms with Crippen molar-refractivity contribution < 1.29 is 27.4 Å². The van der Waals surface area contributed by atoms with Gasteiger partial charge in [0.05, 0.1) is 12.5 Å². The van der Waals surface area contributed by atoms with E-state index in [0.29, 0.717) is 55.1 Å². The van der Waals surface area contributed by atoms with Gasteiger partial charge < -0.3 is 9.47 Å². The predicted molar refractivity (Wildman–Crippen MR) is 134 cm³/mol. The summed E-state index contributed by atoms with van der Waals surface area (Å²) < 4.78 is 55.0. The van der Waals surface area contributed by atoms with Gasteiger partial charge in [0.25, 0.3) is 0 Å². The molecule has 0 atom stereocenters. The van der Waals surface area contributed by atoms with Crippen LogP contribution in [0.2, 0.25) is 0 Å². The number of carbonyl (C=O) groups excluding carboxylic acids is 1. The standard InChI is InChI=1S/C30H35F3O3/c1-3-5-19-6-8-21(9-7-19)25-16-17-27(29(33)28(25)32)36-30(34)22-12-10-20(11-13-22)24-15-14-23(35-4-2)18-26(24)31/h3,5,14-22H,4,6-13H2,1-2H3/b5-3+. The SMILES string of the molecule is C/C=C/C1CCC(c2ccc(OC(=O)C3CCC(c4ccc(OCC)cc4F)CC3)c(F)c2F)CC1. The number of hydrogen-bond acceptors (Lipinski definition) is 3. The Kier molecular flexibility index (Phi) is 8.76. The molecule has 2 aliphatic rings. The third-order valence-electron chi connectivity index (χ3n) is 7.75. The summed E-state index contributed by atoms with van der Waals surface area (Å²) in [4.78, 5) is 12.7. The Morgan fingerprint density at radius 1 is 0.889 bits per heavy atom. The van der Waals surface area contributed by atoms with E-state index in [2.05, 4.69) is 6.08 Å². The molecule has 2 aliphatic carbocycles. The Morgan fingerprint density at radius 3 is 2.17 bits per heavy atom. The molecule has 0 heterocycles. The molecule has 0 amide bonds. The fourth-order valence-corrected chi connectivity index (χ4v) is 5.76. The molecule has 4 rings (SSSR count). The van der Waals surface area contributed by atoms with E-state index < -0.39 is 23.5 Å². The zero-order valence-electron chi connectivity index (χ0n) is 21.1. The van der Waals surface area contributed by atoms with Gasteiger partial charge in [0.2, 0.25) is 5.82 Å². The highest BCUT2D eigenvalue weighted by Crippen LogP contribution is 2.40. The summed E-state index contributed by atoms with van der Waals surface area (Å²) in [6, 6.07) is 7.85. The first kappa shape index (κ1) is 26.3. The highest BCUT2D eigenvalue weighted by atomic mass is 19.2. The molecule has 0 N–H and O–H groups in total. The quantitative estimate of drug-likeness (QED) is 0.218. The minimum absolute atomic E-state index is 0.00102. The van der Waals surface area contributed by atoms with Gasteiger partial charge in [-0.15, -0.1) is 0 Å². The number of benzene rings is 2. The Morgan fingerprint density at radius 2 is 1.53 bits per heavy atom. The lowest BCUT2D eigenvalue weighted by Crippen LogP contribution is -2.26. The van der Waals surface area contributed by atoms with Crippen LogP contribution < -0.4 is 9.47 Å². The number of esters is 1. The number of hydrogen-bond donors (Lipinski definition) is 0. The van der Waals surface area contributed by atoms with Gasteiger partial charge in [-0.3, -0.25) is 4.79 Å². The van der Waals surface area contributed by atoms with E-state index in [4.69, 9.17) is 9.47 Å². The van der Waals surface area contributed by atoms with Gasteiger partial charge in [-0.05, 0) is 106 Å². The van der Waals surface area contributed by atoms with Crippen LogP contribution >= 0.6 is 0 Å². The normalized spacial score (nSPS) is 24.6. The summed E-state index contributed by atoms with van der Waals surface area (Å²) in [6.45, 7) is 4.31. The Hall–Kier alpha value is -2.76. The molecule has 2 fully saturated rings. The summed E-state index contributed by atoms with van der Waals surface area (Å²) in [5, 5.41) is 0. The van der Waals surface area contributed by atoms with Crippen LogP contribution in [0.25, 0.3) is 0 Å². The molecule has 0 aromatic heterocycles. The van der Waals surface area contributed by atoms with Crippen LogP contribution in [0.1, 0.15) is 88.2 Å². The lowest BCUT2D eigenvalue weighted by molar-refractivity contribution is -0.140. The van der Waals surface area contributed by atoms with Crippen molar-refractivity contribution in [3.05, 3.63) is 71.1 Å². The molecule has 2 saturated carbocycles. The van der Waals surface area contributed by atoms with Crippen molar-refractivity contribution in [2.75, 3.05) is 6.61 Å². The zero-order chi connectivity index (χ0) is 25.7. The molecule has 0 spiro atoms. The average Bonchev–Trinajstić information content (AvgIpc) is 2.88. The van der Waals surface area contributed by atoms with Gasteiger partial charge in [-0.25, -0.2) is 8.78 Å². The van der Waals surface area contributed by atoms with Crippen LogP contribution in [0.5, 0.6) is 11.5 Å². The predicted octanol–water partition coefficient (Wildman–Crippen LogP) is 8.23. The summed E-state index contributed by atoms with van der Waals surface area (Å²) in [5.41, 5.74) is 0.984. The van der Waals surface area contributed by atoms with Gasteiger partial charge in [-0.2, -0.15) is 4.39 Å². The summed E-state index contributed by atoms with van der Waals surface area (Å²) in [7, 11) is 0. The first-order valence-corrected chi connectivity index (χ1v) is 13.2. The van der Waals surface area contributed by atoms with Gasteiger partial charge >= 0.3 is 5.97 Å². The molecular weight excluding hydrogens is 465 g/mol. The highest BCUT2D eigenvalue weighted by Gasteiger charge is 2.31. The first-order chi connectivity index (χ1) is 17.4. The second-order valence-corrected chi connectivity index (χ2v) is 10.0. The van der Waals surface area contributed by atoms with E-state index >= 15 is 0 Å². The fourth-order valence-electron chi connectivity index (χ4n) is 5.76. The lowest BCUT2D eigenvalue weighted by atomic mass is 9.78. The van der Waals surface area contributed by atoms with Gasteiger partial charge in [0.15, 0.2) is 11.6 Å². The molecule has 0 bridgehead atoms. The minimum Gasteiger partial charge on any atom is -0.494 e. The molecule has 0 radical (unpaired) electrons. The van der Waals surface area contributed by atoms with Crippen LogP contribution in [0, 0.1) is 29.3 Å². The van der Waals surface area contributed by atoms with Crippen molar-refractivity contribution in [2.45, 2.75) is 77.0 Å². The molecule has 0 aliphatic heterocycles. The molecule has 6 heteroatoms. The van der Waals surface area contributed by atoms with E-state index in [1.54, 1.807) is 18.2 Å². The number of halogens is 3. The fraction of sp³-hybridized carbons (Fsp3) is 0.500. The molecule has 36 heavy (non-hydrogen) atoms. The van der Waals surface area contributed by atoms with E-state index in [1.165, 1.54) is 12.1 Å². The van der Waals surface area contributed by atoms with Crippen molar-refractivity contribution >= 4 is 5.97 Å². The number of ether oxygens (including phenoxy) is 2. The maximum Gasteiger partial charge on any atom is 0.314 e. The van der Waals surface area contributed by atoms with Crippen molar-refractivity contribution in [1.29, 1.82) is 0 Å². The van der Waals surface area contributed by atoms with Crippen LogP contribution in [0.3, 0.4) is 0 Å². The topological polar surface area (TPSA) is 35.5 Å². The van der Waals surface area contributed by atoms with E-state index in [0.717, 1.165) is 25.7 Å². The van der Waals surface area contributed by atoms with Crippen LogP contribution in [0.4, 0.5) is 13.2 Å². The average molecular weight is 501 g/mol. The summed E-state index contributed by atoms with van der Waals surface area (Å²) >= 11 is 0. The second kappa shape index (κ2) is 12.0. The van der Waals surface area contributed by atoms with Crippen molar-refractivity contribution in [2.24, 2.45) is 11.8 Å². The zero-order valence-corrected chi connectivity index (χ0v) is 21.1. The molecule has 2 aromatic rings. The van der Waals surface area contributed by atoms with Crippen molar-refractivity contribution in [1.82, 2.24) is 0 Å². The van der Waals surface area contributed by atoms with Gasteiger partial charge in [0, 0.05) is 6.07 Å². The Balaban J connectivity index is 1.34. The van der Waals surface area contributed by atoms with Crippen LogP contribution in [-0.2, 0) is 4.79 Å². The molecule has 194 valence electrons. The second-order valence-electron chi connectivity index (χ2n) is 10.0. The minimum atomic E-state index is -1.10. The molecular formula is C30H35F3O3. The Labute approximate surface area is 211 Å². The number of allylic oxidation sites excluding steroid dienone is 2. The molecule has 0 saturated heterocycles. The monoisotopic (exact) mass is 500 g/mol. The van der Waals surface area contributed by atoms with E-state index in [9.17, 15) is 18.0 Å². The first-order valence-electron chi connectivity index (χ1n) is 13.2. The van der Waals surface area contributed by atoms with Gasteiger partial charge in [-0.1, -0.05) is 24.3 Å². The van der Waals surface area contributed by atoms with Crippen molar-refractivity contribution in [3.8, 4) is 11.5 Å².